The number of methoxy groups -OCH3 is 1. The molecule has 5 nitrogen and oxygen atoms in total. The molecule has 84 valence electrons. The minimum absolute atomic E-state index is 0.552. The maximum Gasteiger partial charge on any atom is 0.213 e. The lowest BCUT2D eigenvalue weighted by Gasteiger charge is -2.04. The van der Waals surface area contributed by atoms with Crippen LogP contribution in [0.25, 0.3) is 21.7 Å². The Balaban J connectivity index is 2.44. The van der Waals surface area contributed by atoms with Gasteiger partial charge in [0.1, 0.15) is 0 Å². The lowest BCUT2D eigenvalue weighted by Crippen LogP contribution is -1.89. The van der Waals surface area contributed by atoms with Crippen LogP contribution in [0.2, 0.25) is 0 Å². The van der Waals surface area contributed by atoms with Gasteiger partial charge >= 0.3 is 0 Å². The van der Waals surface area contributed by atoms with Crippen molar-refractivity contribution >= 4 is 5.69 Å². The van der Waals surface area contributed by atoms with Crippen LogP contribution in [0.15, 0.2) is 47.6 Å². The molecule has 5 heteroatoms. The van der Waals surface area contributed by atoms with Gasteiger partial charge < -0.3 is 4.74 Å². The number of nitrogens with zero attached hydrogens (tertiary/aromatic N) is 4. The molecule has 1 heterocycles. The van der Waals surface area contributed by atoms with Gasteiger partial charge in [0.05, 0.1) is 12.8 Å². The van der Waals surface area contributed by atoms with Crippen molar-refractivity contribution in [1.82, 2.24) is 4.98 Å². The molecule has 0 unspecified atom stereocenters. The standard InChI is InChI=1S/C12H10N4O/c1-17-12-7-3-6-11(14-12)9-4-2-5-10(8-9)15-16-13/h2-8H,1H3. The quantitative estimate of drug-likeness (QED) is 0.454. The fourth-order valence-electron chi connectivity index (χ4n) is 1.47. The van der Waals surface area contributed by atoms with Gasteiger partial charge in [-0.3, -0.25) is 0 Å². The number of pyridine rings is 1. The van der Waals surface area contributed by atoms with Gasteiger partial charge in [0.25, 0.3) is 0 Å². The molecular formula is C12H10N4O. The highest BCUT2D eigenvalue weighted by Gasteiger charge is 2.01. The zero-order valence-corrected chi connectivity index (χ0v) is 9.24. The number of rotatable bonds is 3. The Hall–Kier alpha value is -2.52. The fourth-order valence-corrected chi connectivity index (χ4v) is 1.47. The Kier molecular flexibility index (Phi) is 3.23. The van der Waals surface area contributed by atoms with Crippen molar-refractivity contribution in [2.24, 2.45) is 5.11 Å². The molecule has 0 N–H and O–H groups in total. The molecule has 1 aromatic carbocycles. The number of hydrogen-bond acceptors (Lipinski definition) is 3. The van der Waals surface area contributed by atoms with Gasteiger partial charge in [-0.1, -0.05) is 29.4 Å². The minimum Gasteiger partial charge on any atom is -0.481 e. The molecule has 2 rings (SSSR count). The summed E-state index contributed by atoms with van der Waals surface area (Å²) < 4.78 is 5.06. The predicted octanol–water partition coefficient (Wildman–Crippen LogP) is 3.70. The first-order valence-electron chi connectivity index (χ1n) is 5.00. The van der Waals surface area contributed by atoms with E-state index in [0.717, 1.165) is 11.3 Å². The first kappa shape index (κ1) is 11.0. The number of hydrogen-bond donors (Lipinski definition) is 0. The molecule has 0 aliphatic rings. The second-order valence-electron chi connectivity index (χ2n) is 3.30. The molecule has 0 aliphatic carbocycles. The van der Waals surface area contributed by atoms with Crippen molar-refractivity contribution < 1.29 is 4.74 Å². The smallest absolute Gasteiger partial charge is 0.213 e. The molecule has 0 amide bonds. The summed E-state index contributed by atoms with van der Waals surface area (Å²) in [7, 11) is 1.57. The maximum atomic E-state index is 8.39. The molecule has 0 atom stereocenters. The Labute approximate surface area is 98.3 Å². The lowest BCUT2D eigenvalue weighted by atomic mass is 10.1. The molecule has 17 heavy (non-hydrogen) atoms. The van der Waals surface area contributed by atoms with Crippen molar-refractivity contribution in [1.29, 1.82) is 0 Å². The van der Waals surface area contributed by atoms with Gasteiger partial charge in [0.15, 0.2) is 0 Å². The van der Waals surface area contributed by atoms with Crippen LogP contribution in [-0.2, 0) is 0 Å². The van der Waals surface area contributed by atoms with Crippen LogP contribution in [-0.4, -0.2) is 12.1 Å². The Morgan fingerprint density at radius 3 is 2.82 bits per heavy atom. The van der Waals surface area contributed by atoms with E-state index in [4.69, 9.17) is 10.3 Å². The van der Waals surface area contributed by atoms with Crippen LogP contribution in [0.4, 0.5) is 5.69 Å². The SMILES string of the molecule is COc1cccc(-c2cccc(N=[N+]=[N-])c2)n1. The van der Waals surface area contributed by atoms with Gasteiger partial charge in [-0.15, -0.1) is 0 Å². The highest BCUT2D eigenvalue weighted by atomic mass is 16.5. The maximum absolute atomic E-state index is 8.39. The molecule has 0 fully saturated rings. The van der Waals surface area contributed by atoms with E-state index in [1.165, 1.54) is 0 Å². The van der Waals surface area contributed by atoms with Crippen LogP contribution in [0.5, 0.6) is 5.88 Å². The summed E-state index contributed by atoms with van der Waals surface area (Å²) in [5.41, 5.74) is 10.6. The Morgan fingerprint density at radius 1 is 1.24 bits per heavy atom. The second-order valence-corrected chi connectivity index (χ2v) is 3.30. The van der Waals surface area contributed by atoms with Gasteiger partial charge in [0, 0.05) is 22.2 Å². The van der Waals surface area contributed by atoms with E-state index >= 15 is 0 Å². The zero-order chi connectivity index (χ0) is 12.1. The zero-order valence-electron chi connectivity index (χ0n) is 9.24. The third kappa shape index (κ3) is 2.53. The molecule has 0 radical (unpaired) electrons. The number of benzene rings is 1. The minimum atomic E-state index is 0.552. The number of azide groups is 1. The van der Waals surface area contributed by atoms with E-state index in [1.54, 1.807) is 25.3 Å². The van der Waals surface area contributed by atoms with E-state index < -0.39 is 0 Å². The van der Waals surface area contributed by atoms with E-state index in [2.05, 4.69) is 15.0 Å². The van der Waals surface area contributed by atoms with Crippen molar-refractivity contribution in [3.63, 3.8) is 0 Å². The van der Waals surface area contributed by atoms with Crippen molar-refractivity contribution in [3.8, 4) is 17.1 Å². The molecule has 2 aromatic rings. The Morgan fingerprint density at radius 2 is 2.06 bits per heavy atom. The van der Waals surface area contributed by atoms with Crippen LogP contribution in [0, 0.1) is 0 Å². The lowest BCUT2D eigenvalue weighted by molar-refractivity contribution is 0.398. The summed E-state index contributed by atoms with van der Waals surface area (Å²) in [5.74, 6) is 0.552. The third-order valence-electron chi connectivity index (χ3n) is 2.23. The van der Waals surface area contributed by atoms with Gasteiger partial charge in [-0.05, 0) is 17.7 Å². The van der Waals surface area contributed by atoms with E-state index in [9.17, 15) is 0 Å². The summed E-state index contributed by atoms with van der Waals surface area (Å²) >= 11 is 0. The van der Waals surface area contributed by atoms with E-state index in [-0.39, 0.29) is 0 Å². The first-order valence-corrected chi connectivity index (χ1v) is 5.00. The van der Waals surface area contributed by atoms with Crippen LogP contribution < -0.4 is 4.74 Å². The van der Waals surface area contributed by atoms with Crippen LogP contribution in [0.3, 0.4) is 0 Å². The fraction of sp³-hybridized carbons (Fsp3) is 0.0833. The summed E-state index contributed by atoms with van der Waals surface area (Å²) in [5, 5.41) is 3.56. The molecule has 0 aliphatic heterocycles. The monoisotopic (exact) mass is 226 g/mol. The van der Waals surface area contributed by atoms with Crippen LogP contribution >= 0.6 is 0 Å². The molecule has 1 aromatic heterocycles. The first-order chi connectivity index (χ1) is 8.33. The highest BCUT2D eigenvalue weighted by Crippen LogP contribution is 2.24. The molecular weight excluding hydrogens is 216 g/mol. The van der Waals surface area contributed by atoms with Crippen molar-refractivity contribution in [2.75, 3.05) is 7.11 Å². The number of ether oxygens (including phenoxy) is 1. The van der Waals surface area contributed by atoms with E-state index in [1.807, 2.05) is 24.3 Å². The predicted molar refractivity (Wildman–Crippen MR) is 65.0 cm³/mol. The molecule has 0 saturated carbocycles. The average molecular weight is 226 g/mol. The molecule has 0 bridgehead atoms. The normalized spacial score (nSPS) is 9.47. The Bertz CT molecular complexity index is 576. The summed E-state index contributed by atoms with van der Waals surface area (Å²) in [6.45, 7) is 0. The topological polar surface area (TPSA) is 70.9 Å². The largest absolute Gasteiger partial charge is 0.481 e. The molecule has 0 spiro atoms. The number of aromatic nitrogens is 1. The van der Waals surface area contributed by atoms with E-state index in [0.29, 0.717) is 11.6 Å². The van der Waals surface area contributed by atoms with Crippen molar-refractivity contribution in [2.45, 2.75) is 0 Å². The van der Waals surface area contributed by atoms with Gasteiger partial charge in [0.2, 0.25) is 5.88 Å². The summed E-state index contributed by atoms with van der Waals surface area (Å²) in [4.78, 5) is 7.06. The second kappa shape index (κ2) is 5.01. The average Bonchev–Trinajstić information content (AvgIpc) is 2.40. The summed E-state index contributed by atoms with van der Waals surface area (Å²) in [6.07, 6.45) is 0. The molecule has 0 saturated heterocycles. The van der Waals surface area contributed by atoms with Gasteiger partial charge in [-0.25, -0.2) is 4.98 Å². The summed E-state index contributed by atoms with van der Waals surface area (Å²) in [6, 6.07) is 12.8. The third-order valence-corrected chi connectivity index (χ3v) is 2.23. The van der Waals surface area contributed by atoms with Crippen molar-refractivity contribution in [3.05, 3.63) is 52.9 Å². The van der Waals surface area contributed by atoms with Gasteiger partial charge in [-0.2, -0.15) is 0 Å². The van der Waals surface area contributed by atoms with Crippen LogP contribution in [0.1, 0.15) is 0 Å². The highest BCUT2D eigenvalue weighted by molar-refractivity contribution is 5.64.